The molecule has 2 nitrogen and oxygen atoms in total. The number of benzene rings is 1. The number of thiophene rings is 1. The summed E-state index contributed by atoms with van der Waals surface area (Å²) in [7, 11) is 0. The Kier molecular flexibility index (Phi) is 2.72. The molecule has 0 fully saturated rings. The van der Waals surface area contributed by atoms with Crippen molar-refractivity contribution in [3.8, 4) is 0 Å². The molecule has 1 aromatic heterocycles. The van der Waals surface area contributed by atoms with Crippen LogP contribution in [-0.2, 0) is 0 Å². The predicted octanol–water partition coefficient (Wildman–Crippen LogP) is 4.03. The average Bonchev–Trinajstić information content (AvgIpc) is 2.51. The monoisotopic (exact) mass is 234 g/mol. The maximum Gasteiger partial charge on any atom is 0.337 e. The second-order valence-corrected chi connectivity index (χ2v) is 5.51. The van der Waals surface area contributed by atoms with Crippen LogP contribution < -0.4 is 0 Å². The van der Waals surface area contributed by atoms with E-state index in [0.717, 1.165) is 15.0 Å². The van der Waals surface area contributed by atoms with Gasteiger partial charge in [-0.2, -0.15) is 0 Å². The molecule has 0 spiro atoms. The number of fused-ring (bicyclic) bond motifs is 1. The van der Waals surface area contributed by atoms with E-state index in [0.29, 0.717) is 11.5 Å². The maximum atomic E-state index is 11.2. The highest BCUT2D eigenvalue weighted by Gasteiger charge is 2.15. The first-order chi connectivity index (χ1) is 7.50. The Hall–Kier alpha value is -1.35. The first kappa shape index (κ1) is 11.1. The van der Waals surface area contributed by atoms with Crippen LogP contribution in [0.25, 0.3) is 10.1 Å². The fourth-order valence-electron chi connectivity index (χ4n) is 1.86. The fourth-order valence-corrected chi connectivity index (χ4v) is 2.90. The lowest BCUT2D eigenvalue weighted by Gasteiger charge is -2.05. The molecule has 0 radical (unpaired) electrons. The summed E-state index contributed by atoms with van der Waals surface area (Å²) in [5.74, 6) is -0.407. The summed E-state index contributed by atoms with van der Waals surface area (Å²) >= 11 is 1.55. The Labute approximate surface area is 98.5 Å². The molecule has 84 valence electrons. The van der Waals surface area contributed by atoms with Gasteiger partial charge >= 0.3 is 5.97 Å². The molecule has 0 aliphatic heterocycles. The molecule has 0 aliphatic rings. The number of rotatable bonds is 2. The van der Waals surface area contributed by atoms with Gasteiger partial charge in [0.05, 0.1) is 5.56 Å². The van der Waals surface area contributed by atoms with E-state index >= 15 is 0 Å². The van der Waals surface area contributed by atoms with E-state index in [9.17, 15) is 9.90 Å². The van der Waals surface area contributed by atoms with Gasteiger partial charge in [0.25, 0.3) is 0 Å². The first-order valence-electron chi connectivity index (χ1n) is 5.27. The van der Waals surface area contributed by atoms with Crippen molar-refractivity contribution in [2.24, 2.45) is 0 Å². The summed E-state index contributed by atoms with van der Waals surface area (Å²) in [6, 6.07) is 6.11. The molecule has 1 aromatic carbocycles. The van der Waals surface area contributed by atoms with Crippen molar-refractivity contribution in [2.45, 2.75) is 26.7 Å². The van der Waals surface area contributed by atoms with Crippen molar-refractivity contribution >= 4 is 27.4 Å². The van der Waals surface area contributed by atoms with E-state index in [1.807, 2.05) is 19.1 Å². The van der Waals surface area contributed by atoms with E-state index < -0.39 is 5.97 Å². The minimum absolute atomic E-state index is 0.422. The third-order valence-corrected chi connectivity index (χ3v) is 3.85. The number of carboxylic acids is 1. The zero-order valence-electron chi connectivity index (χ0n) is 9.57. The zero-order chi connectivity index (χ0) is 11.9. The molecule has 1 N–H and O–H groups in total. The smallest absolute Gasteiger partial charge is 0.337 e. The van der Waals surface area contributed by atoms with Crippen LogP contribution in [0, 0.1) is 6.92 Å². The fraction of sp³-hybridized carbons (Fsp3) is 0.308. The van der Waals surface area contributed by atoms with Crippen molar-refractivity contribution in [1.82, 2.24) is 0 Å². The van der Waals surface area contributed by atoms with Crippen LogP contribution in [0.4, 0.5) is 0 Å². The maximum absolute atomic E-state index is 11.2. The lowest BCUT2D eigenvalue weighted by molar-refractivity contribution is 0.0699. The van der Waals surface area contributed by atoms with Crippen LogP contribution in [0.15, 0.2) is 18.2 Å². The van der Waals surface area contributed by atoms with Gasteiger partial charge in [0.1, 0.15) is 0 Å². The summed E-state index contributed by atoms with van der Waals surface area (Å²) in [5, 5.41) is 10.1. The molecule has 2 aromatic rings. The molecule has 0 aliphatic carbocycles. The topological polar surface area (TPSA) is 37.3 Å². The number of hydrogen-bond donors (Lipinski definition) is 1. The largest absolute Gasteiger partial charge is 0.478 e. The van der Waals surface area contributed by atoms with Gasteiger partial charge in [-0.05, 0) is 30.5 Å². The van der Waals surface area contributed by atoms with Gasteiger partial charge in [-0.3, -0.25) is 0 Å². The van der Waals surface area contributed by atoms with Crippen LogP contribution in [0.3, 0.4) is 0 Å². The van der Waals surface area contributed by atoms with Gasteiger partial charge < -0.3 is 5.11 Å². The van der Waals surface area contributed by atoms with Crippen LogP contribution in [0.5, 0.6) is 0 Å². The SMILES string of the molecule is Cc1sc2ccc(C(C)C)cc2c1C(=O)O. The van der Waals surface area contributed by atoms with Gasteiger partial charge in [0.15, 0.2) is 0 Å². The number of carbonyl (C=O) groups is 1. The van der Waals surface area contributed by atoms with Crippen LogP contribution >= 0.6 is 11.3 Å². The van der Waals surface area contributed by atoms with Gasteiger partial charge in [-0.25, -0.2) is 4.79 Å². The summed E-state index contributed by atoms with van der Waals surface area (Å²) in [5.41, 5.74) is 1.65. The highest BCUT2D eigenvalue weighted by molar-refractivity contribution is 7.19. The number of aromatic carboxylic acids is 1. The highest BCUT2D eigenvalue weighted by atomic mass is 32.1. The molecule has 1 heterocycles. The van der Waals surface area contributed by atoms with E-state index in [1.165, 1.54) is 5.56 Å². The quantitative estimate of drug-likeness (QED) is 0.851. The lowest BCUT2D eigenvalue weighted by atomic mass is 10.0. The minimum Gasteiger partial charge on any atom is -0.478 e. The molecule has 0 saturated carbocycles. The third kappa shape index (κ3) is 1.71. The van der Waals surface area contributed by atoms with Gasteiger partial charge in [-0.15, -0.1) is 11.3 Å². The molecule has 2 rings (SSSR count). The van der Waals surface area contributed by atoms with Crippen molar-refractivity contribution < 1.29 is 9.90 Å². The predicted molar refractivity (Wildman–Crippen MR) is 67.6 cm³/mol. The second-order valence-electron chi connectivity index (χ2n) is 4.25. The molecule has 16 heavy (non-hydrogen) atoms. The summed E-state index contributed by atoms with van der Waals surface area (Å²) in [4.78, 5) is 12.1. The molecule has 3 heteroatoms. The Bertz CT molecular complexity index is 552. The van der Waals surface area contributed by atoms with Crippen molar-refractivity contribution in [1.29, 1.82) is 0 Å². The van der Waals surface area contributed by atoms with Gasteiger partial charge in [0.2, 0.25) is 0 Å². The average molecular weight is 234 g/mol. The molecular weight excluding hydrogens is 220 g/mol. The van der Waals surface area contributed by atoms with Crippen LogP contribution in [-0.4, -0.2) is 11.1 Å². The minimum atomic E-state index is -0.829. The van der Waals surface area contributed by atoms with E-state index in [4.69, 9.17) is 0 Å². The summed E-state index contributed by atoms with van der Waals surface area (Å²) in [6.45, 7) is 6.09. The highest BCUT2D eigenvalue weighted by Crippen LogP contribution is 2.32. The van der Waals surface area contributed by atoms with Crippen molar-refractivity contribution in [3.63, 3.8) is 0 Å². The second kappa shape index (κ2) is 3.91. The molecule has 0 unspecified atom stereocenters. The van der Waals surface area contributed by atoms with E-state index in [2.05, 4.69) is 19.9 Å². The number of carboxylic acid groups (broad SMARTS) is 1. The van der Waals surface area contributed by atoms with E-state index in [-0.39, 0.29) is 0 Å². The normalized spacial score (nSPS) is 11.2. The van der Waals surface area contributed by atoms with Crippen LogP contribution in [0.2, 0.25) is 0 Å². The van der Waals surface area contributed by atoms with Crippen LogP contribution in [0.1, 0.15) is 40.6 Å². The Balaban J connectivity index is 2.74. The van der Waals surface area contributed by atoms with Gasteiger partial charge in [-0.1, -0.05) is 19.9 Å². The summed E-state index contributed by atoms with van der Waals surface area (Å²) < 4.78 is 1.05. The van der Waals surface area contributed by atoms with Gasteiger partial charge in [0, 0.05) is 15.0 Å². The molecule has 0 atom stereocenters. The van der Waals surface area contributed by atoms with Crippen molar-refractivity contribution in [2.75, 3.05) is 0 Å². The van der Waals surface area contributed by atoms with E-state index in [1.54, 1.807) is 11.3 Å². The standard InChI is InChI=1S/C13H14O2S/c1-7(2)9-4-5-11-10(6-9)12(13(14)15)8(3)16-11/h4-7H,1-3H3,(H,14,15). The Morgan fingerprint density at radius 3 is 2.62 bits per heavy atom. The first-order valence-corrected chi connectivity index (χ1v) is 6.08. The Morgan fingerprint density at radius 2 is 2.06 bits per heavy atom. The lowest BCUT2D eigenvalue weighted by Crippen LogP contribution is -1.97. The Morgan fingerprint density at radius 1 is 1.38 bits per heavy atom. The third-order valence-electron chi connectivity index (χ3n) is 2.77. The van der Waals surface area contributed by atoms with Crippen molar-refractivity contribution in [3.05, 3.63) is 34.2 Å². The zero-order valence-corrected chi connectivity index (χ0v) is 10.4. The molecule has 0 bridgehead atoms. The number of aryl methyl sites for hydroxylation is 1. The molecule has 0 amide bonds. The molecular formula is C13H14O2S. The summed E-state index contributed by atoms with van der Waals surface area (Å²) in [6.07, 6.45) is 0. The molecule has 0 saturated heterocycles. The number of hydrogen-bond acceptors (Lipinski definition) is 2.